The SMILES string of the molecule is CN(C)C(=O)c1cccc(-c2ccc(-n3ncc4c(=O)n(CC5(O)CCN(C(=O)C6CC6)CC5)cnc43)cc2)c1. The van der Waals surface area contributed by atoms with Crippen LogP contribution in [0.3, 0.4) is 0 Å². The molecule has 2 aromatic carbocycles. The molecule has 2 fully saturated rings. The van der Waals surface area contributed by atoms with Crippen molar-refractivity contribution in [2.75, 3.05) is 27.2 Å². The van der Waals surface area contributed by atoms with Gasteiger partial charge in [-0.25, -0.2) is 9.67 Å². The molecule has 2 aliphatic rings. The average Bonchev–Trinajstić information content (AvgIpc) is 3.73. The minimum Gasteiger partial charge on any atom is -0.388 e. The molecule has 1 saturated heterocycles. The number of rotatable bonds is 6. The molecule has 0 unspecified atom stereocenters. The summed E-state index contributed by atoms with van der Waals surface area (Å²) in [5.41, 5.74) is 2.33. The van der Waals surface area contributed by atoms with Gasteiger partial charge in [-0.1, -0.05) is 24.3 Å². The second-order valence-electron chi connectivity index (χ2n) is 11.1. The van der Waals surface area contributed by atoms with E-state index in [0.29, 0.717) is 42.5 Å². The minimum atomic E-state index is -1.07. The van der Waals surface area contributed by atoms with E-state index in [9.17, 15) is 19.5 Å². The molecule has 0 bridgehead atoms. The van der Waals surface area contributed by atoms with Crippen LogP contribution in [0.2, 0.25) is 0 Å². The molecule has 2 aromatic heterocycles. The molecule has 4 aromatic rings. The van der Waals surface area contributed by atoms with Gasteiger partial charge in [0.25, 0.3) is 11.5 Å². The van der Waals surface area contributed by atoms with Gasteiger partial charge in [-0.05, 0) is 61.1 Å². The summed E-state index contributed by atoms with van der Waals surface area (Å²) < 4.78 is 3.06. The lowest BCUT2D eigenvalue weighted by Gasteiger charge is -2.38. The summed E-state index contributed by atoms with van der Waals surface area (Å²) in [5.74, 6) is 0.299. The van der Waals surface area contributed by atoms with Crippen LogP contribution >= 0.6 is 0 Å². The number of carbonyl (C=O) groups is 2. The maximum Gasteiger partial charge on any atom is 0.264 e. The van der Waals surface area contributed by atoms with Gasteiger partial charge < -0.3 is 14.9 Å². The summed E-state index contributed by atoms with van der Waals surface area (Å²) in [6.45, 7) is 1.12. The molecule has 2 amide bonds. The van der Waals surface area contributed by atoms with Crippen molar-refractivity contribution >= 4 is 22.8 Å². The number of carbonyl (C=O) groups excluding carboxylic acids is 2. The Kier molecular flexibility index (Phi) is 6.50. The molecule has 0 atom stereocenters. The first-order chi connectivity index (χ1) is 19.2. The van der Waals surface area contributed by atoms with Crippen LogP contribution in [0.1, 0.15) is 36.0 Å². The largest absolute Gasteiger partial charge is 0.388 e. The van der Waals surface area contributed by atoms with Gasteiger partial charge in [0.15, 0.2) is 5.65 Å². The number of benzene rings is 2. The standard InChI is InChI=1S/C30H32N6O4/c1-33(2)27(37)23-5-3-4-22(16-23)20-8-10-24(11-9-20)36-26-25(17-32-36)29(39)35(19-31-26)18-30(40)12-14-34(15-13-30)28(38)21-6-7-21/h3-5,8-11,16-17,19,21,40H,6-7,12-15,18H2,1-2H3. The zero-order valence-corrected chi connectivity index (χ0v) is 22.7. The summed E-state index contributed by atoms with van der Waals surface area (Å²) >= 11 is 0. The number of amides is 2. The van der Waals surface area contributed by atoms with E-state index in [1.807, 2.05) is 47.4 Å². The zero-order chi connectivity index (χ0) is 28.0. The molecule has 206 valence electrons. The molecular weight excluding hydrogens is 508 g/mol. The van der Waals surface area contributed by atoms with E-state index < -0.39 is 5.60 Å². The quantitative estimate of drug-likeness (QED) is 0.402. The third-order valence-electron chi connectivity index (χ3n) is 7.91. The third-order valence-corrected chi connectivity index (χ3v) is 7.91. The lowest BCUT2D eigenvalue weighted by molar-refractivity contribution is -0.137. The fourth-order valence-electron chi connectivity index (χ4n) is 5.34. The Bertz CT molecular complexity index is 1640. The highest BCUT2D eigenvalue weighted by atomic mass is 16.3. The Hall–Kier alpha value is -4.31. The second-order valence-corrected chi connectivity index (χ2v) is 11.1. The summed E-state index contributed by atoms with van der Waals surface area (Å²) in [4.78, 5) is 45.9. The van der Waals surface area contributed by atoms with E-state index in [1.165, 1.54) is 17.1 Å². The number of aromatic nitrogens is 4. The van der Waals surface area contributed by atoms with Gasteiger partial charge in [0, 0.05) is 38.7 Å². The van der Waals surface area contributed by atoms with Crippen LogP contribution < -0.4 is 5.56 Å². The lowest BCUT2D eigenvalue weighted by atomic mass is 9.91. The van der Waals surface area contributed by atoms with Crippen LogP contribution in [0.25, 0.3) is 27.8 Å². The van der Waals surface area contributed by atoms with Gasteiger partial charge in [0.2, 0.25) is 5.91 Å². The fraction of sp³-hybridized carbons (Fsp3) is 0.367. The number of hydrogen-bond acceptors (Lipinski definition) is 6. The van der Waals surface area contributed by atoms with E-state index in [2.05, 4.69) is 10.1 Å². The van der Waals surface area contributed by atoms with Gasteiger partial charge in [-0.15, -0.1) is 0 Å². The number of aliphatic hydroxyl groups is 1. The van der Waals surface area contributed by atoms with E-state index in [4.69, 9.17) is 0 Å². The van der Waals surface area contributed by atoms with E-state index >= 15 is 0 Å². The minimum absolute atomic E-state index is 0.0560. The first kappa shape index (κ1) is 25.9. The van der Waals surface area contributed by atoms with Crippen LogP contribution in [0, 0.1) is 5.92 Å². The van der Waals surface area contributed by atoms with Gasteiger partial charge >= 0.3 is 0 Å². The van der Waals surface area contributed by atoms with Crippen LogP contribution in [-0.2, 0) is 11.3 Å². The Morgan fingerprint density at radius 2 is 1.77 bits per heavy atom. The lowest BCUT2D eigenvalue weighted by Crippen LogP contribution is -2.50. The van der Waals surface area contributed by atoms with Crippen molar-refractivity contribution < 1.29 is 14.7 Å². The maximum absolute atomic E-state index is 13.3. The normalized spacial score (nSPS) is 16.7. The smallest absolute Gasteiger partial charge is 0.264 e. The highest BCUT2D eigenvalue weighted by molar-refractivity contribution is 5.95. The zero-order valence-electron chi connectivity index (χ0n) is 22.7. The summed E-state index contributed by atoms with van der Waals surface area (Å²) in [6, 6.07) is 15.2. The predicted molar refractivity (Wildman–Crippen MR) is 150 cm³/mol. The number of nitrogens with zero attached hydrogens (tertiary/aromatic N) is 6. The molecule has 10 heteroatoms. The monoisotopic (exact) mass is 540 g/mol. The highest BCUT2D eigenvalue weighted by Crippen LogP contribution is 2.33. The molecule has 0 radical (unpaired) electrons. The van der Waals surface area contributed by atoms with Gasteiger partial charge in [0.1, 0.15) is 11.7 Å². The topological polar surface area (TPSA) is 114 Å². The van der Waals surface area contributed by atoms with Crippen molar-refractivity contribution in [2.45, 2.75) is 37.8 Å². The van der Waals surface area contributed by atoms with Crippen molar-refractivity contribution in [1.82, 2.24) is 29.1 Å². The van der Waals surface area contributed by atoms with Crippen molar-refractivity contribution in [1.29, 1.82) is 0 Å². The molecule has 1 aliphatic carbocycles. The fourth-order valence-corrected chi connectivity index (χ4v) is 5.34. The Morgan fingerprint density at radius 3 is 2.45 bits per heavy atom. The van der Waals surface area contributed by atoms with Crippen LogP contribution in [-0.4, -0.2) is 78.8 Å². The molecular formula is C30H32N6O4. The predicted octanol–water partition coefficient (Wildman–Crippen LogP) is 2.71. The van der Waals surface area contributed by atoms with Crippen LogP contribution in [0.5, 0.6) is 0 Å². The molecule has 40 heavy (non-hydrogen) atoms. The molecule has 6 rings (SSSR count). The van der Waals surface area contributed by atoms with Crippen LogP contribution in [0.4, 0.5) is 0 Å². The van der Waals surface area contributed by atoms with Crippen molar-refractivity contribution in [3.8, 4) is 16.8 Å². The van der Waals surface area contributed by atoms with Crippen molar-refractivity contribution in [3.05, 3.63) is 77.0 Å². The summed E-state index contributed by atoms with van der Waals surface area (Å²) in [6.07, 6.45) is 5.75. The molecule has 0 spiro atoms. The Balaban J connectivity index is 1.20. The van der Waals surface area contributed by atoms with Gasteiger partial charge in [-0.2, -0.15) is 5.10 Å². The first-order valence-electron chi connectivity index (χ1n) is 13.6. The number of likely N-dealkylation sites (tertiary alicyclic amines) is 1. The van der Waals surface area contributed by atoms with E-state index in [0.717, 1.165) is 29.7 Å². The summed E-state index contributed by atoms with van der Waals surface area (Å²) in [7, 11) is 3.45. The second kappa shape index (κ2) is 10.0. The third kappa shape index (κ3) is 4.90. The van der Waals surface area contributed by atoms with E-state index in [-0.39, 0.29) is 29.8 Å². The molecule has 10 nitrogen and oxygen atoms in total. The van der Waals surface area contributed by atoms with Crippen LogP contribution in [0.15, 0.2) is 65.8 Å². The van der Waals surface area contributed by atoms with Crippen molar-refractivity contribution in [2.24, 2.45) is 5.92 Å². The first-order valence-corrected chi connectivity index (χ1v) is 13.6. The maximum atomic E-state index is 13.3. The summed E-state index contributed by atoms with van der Waals surface area (Å²) in [5, 5.41) is 16.0. The number of piperidine rings is 1. The molecule has 1 saturated carbocycles. The van der Waals surface area contributed by atoms with Gasteiger partial charge in [-0.3, -0.25) is 19.0 Å². The Labute approximate surface area is 231 Å². The molecule has 3 heterocycles. The molecule has 1 N–H and O–H groups in total. The van der Waals surface area contributed by atoms with E-state index in [1.54, 1.807) is 29.7 Å². The number of hydrogen-bond donors (Lipinski definition) is 1. The van der Waals surface area contributed by atoms with Crippen molar-refractivity contribution in [3.63, 3.8) is 0 Å². The Morgan fingerprint density at radius 1 is 1.05 bits per heavy atom. The highest BCUT2D eigenvalue weighted by Gasteiger charge is 2.39. The molecule has 1 aliphatic heterocycles. The number of fused-ring (bicyclic) bond motifs is 1. The van der Waals surface area contributed by atoms with Gasteiger partial charge in [0.05, 0.1) is 24.0 Å². The average molecular weight is 541 g/mol.